The van der Waals surface area contributed by atoms with Crippen LogP contribution in [0.3, 0.4) is 0 Å². The second kappa shape index (κ2) is 9.07. The van der Waals surface area contributed by atoms with Gasteiger partial charge < -0.3 is 25.1 Å². The zero-order valence-electron chi connectivity index (χ0n) is 17.0. The number of methoxy groups -OCH3 is 1. The van der Waals surface area contributed by atoms with Gasteiger partial charge in [0.15, 0.2) is 0 Å². The van der Waals surface area contributed by atoms with E-state index in [1.807, 2.05) is 0 Å². The van der Waals surface area contributed by atoms with E-state index in [2.05, 4.69) is 20.6 Å². The number of nitrogens with one attached hydrogen (secondary N) is 3. The standard InChI is InChI=1S/C19H30N4O5/c1-18(2,3)28-17(26)21-11-19(7-5-6-8-19)16(25)23-14(15(24)27-4)9-13-10-20-12-22-13/h10,12,14H,5-9,11H2,1-4H3,(H,20,22)(H,21,26)(H,23,25). The SMILES string of the molecule is COC(=O)C(Cc1cnc[nH]1)NC(=O)C1(CNC(=O)OC(C)(C)C)CCCC1. The Morgan fingerprint density at radius 2 is 1.96 bits per heavy atom. The molecule has 3 N–H and O–H groups in total. The normalized spacial score (nSPS) is 16.9. The summed E-state index contributed by atoms with van der Waals surface area (Å²) < 4.78 is 10.1. The van der Waals surface area contributed by atoms with Crippen LogP contribution < -0.4 is 10.6 Å². The molecule has 2 rings (SSSR count). The number of carbonyl (C=O) groups excluding carboxylic acids is 3. The molecule has 1 aliphatic carbocycles. The molecular weight excluding hydrogens is 364 g/mol. The predicted molar refractivity (Wildman–Crippen MR) is 101 cm³/mol. The van der Waals surface area contributed by atoms with E-state index < -0.39 is 29.1 Å². The minimum Gasteiger partial charge on any atom is -0.467 e. The lowest BCUT2D eigenvalue weighted by Crippen LogP contribution is -2.53. The van der Waals surface area contributed by atoms with Crippen molar-refractivity contribution < 1.29 is 23.9 Å². The van der Waals surface area contributed by atoms with Crippen LogP contribution in [0.5, 0.6) is 0 Å². The Balaban J connectivity index is 2.05. The third kappa shape index (κ3) is 5.97. The van der Waals surface area contributed by atoms with Gasteiger partial charge in [-0.15, -0.1) is 0 Å². The molecule has 28 heavy (non-hydrogen) atoms. The van der Waals surface area contributed by atoms with E-state index in [4.69, 9.17) is 9.47 Å². The highest BCUT2D eigenvalue weighted by Gasteiger charge is 2.43. The van der Waals surface area contributed by atoms with Gasteiger partial charge in [0.2, 0.25) is 5.91 Å². The molecule has 0 bridgehead atoms. The van der Waals surface area contributed by atoms with Gasteiger partial charge in [0.05, 0.1) is 18.9 Å². The average Bonchev–Trinajstić information content (AvgIpc) is 3.29. The maximum Gasteiger partial charge on any atom is 0.407 e. The molecule has 9 nitrogen and oxygen atoms in total. The average molecular weight is 394 g/mol. The minimum atomic E-state index is -0.836. The number of ether oxygens (including phenoxy) is 2. The largest absolute Gasteiger partial charge is 0.467 e. The van der Waals surface area contributed by atoms with E-state index in [1.165, 1.54) is 13.4 Å². The number of rotatable bonds is 7. The minimum absolute atomic E-state index is 0.158. The van der Waals surface area contributed by atoms with Crippen LogP contribution in [-0.2, 0) is 25.5 Å². The first kappa shape index (κ1) is 21.7. The molecule has 1 saturated carbocycles. The van der Waals surface area contributed by atoms with Gasteiger partial charge in [-0.25, -0.2) is 14.6 Å². The lowest BCUT2D eigenvalue weighted by Gasteiger charge is -2.30. The number of nitrogens with zero attached hydrogens (tertiary/aromatic N) is 1. The summed E-state index contributed by atoms with van der Waals surface area (Å²) in [6.45, 7) is 5.49. The fourth-order valence-corrected chi connectivity index (χ4v) is 3.35. The molecular formula is C19H30N4O5. The summed E-state index contributed by atoms with van der Waals surface area (Å²) in [6.07, 6.45) is 5.81. The van der Waals surface area contributed by atoms with Gasteiger partial charge in [0.25, 0.3) is 0 Å². The summed E-state index contributed by atoms with van der Waals surface area (Å²) in [5.41, 5.74) is -0.671. The summed E-state index contributed by atoms with van der Waals surface area (Å²) in [5, 5.41) is 5.52. The molecule has 156 valence electrons. The number of imidazole rings is 1. The molecule has 1 aromatic rings. The Labute approximate surface area is 165 Å². The first-order valence-electron chi connectivity index (χ1n) is 9.48. The number of hydrogen-bond acceptors (Lipinski definition) is 6. The lowest BCUT2D eigenvalue weighted by atomic mass is 9.84. The maximum absolute atomic E-state index is 13.1. The van der Waals surface area contributed by atoms with Crippen LogP contribution in [0.25, 0.3) is 0 Å². The highest BCUT2D eigenvalue weighted by molar-refractivity contribution is 5.89. The van der Waals surface area contributed by atoms with Crippen molar-refractivity contribution in [2.75, 3.05) is 13.7 Å². The summed E-state index contributed by atoms with van der Waals surface area (Å²) in [7, 11) is 1.28. The van der Waals surface area contributed by atoms with Gasteiger partial charge in [-0.05, 0) is 33.6 Å². The zero-order chi connectivity index (χ0) is 20.8. The van der Waals surface area contributed by atoms with E-state index in [0.29, 0.717) is 18.5 Å². The molecule has 0 radical (unpaired) electrons. The van der Waals surface area contributed by atoms with Gasteiger partial charge in [0.1, 0.15) is 11.6 Å². The highest BCUT2D eigenvalue weighted by Crippen LogP contribution is 2.38. The van der Waals surface area contributed by atoms with Gasteiger partial charge >= 0.3 is 12.1 Å². The van der Waals surface area contributed by atoms with Crippen LogP contribution in [0, 0.1) is 5.41 Å². The fraction of sp³-hybridized carbons (Fsp3) is 0.684. The molecule has 0 aliphatic heterocycles. The molecule has 1 aromatic heterocycles. The summed E-state index contributed by atoms with van der Waals surface area (Å²) >= 11 is 0. The van der Waals surface area contributed by atoms with Gasteiger partial charge in [0, 0.05) is 24.9 Å². The quantitative estimate of drug-likeness (QED) is 0.605. The van der Waals surface area contributed by atoms with Gasteiger partial charge in [-0.3, -0.25) is 4.79 Å². The molecule has 0 saturated heterocycles. The third-order valence-corrected chi connectivity index (χ3v) is 4.78. The number of aromatic amines is 1. The number of aromatic nitrogens is 2. The van der Waals surface area contributed by atoms with Crippen molar-refractivity contribution in [3.63, 3.8) is 0 Å². The Morgan fingerprint density at radius 3 is 2.50 bits per heavy atom. The number of amides is 2. The molecule has 0 aromatic carbocycles. The number of esters is 1. The maximum atomic E-state index is 13.1. The van der Waals surface area contributed by atoms with E-state index in [0.717, 1.165) is 12.8 Å². The smallest absolute Gasteiger partial charge is 0.407 e. The Kier molecular flexibility index (Phi) is 7.04. The lowest BCUT2D eigenvalue weighted by molar-refractivity contribution is -0.146. The van der Waals surface area contributed by atoms with Crippen molar-refractivity contribution in [3.8, 4) is 0 Å². The number of alkyl carbamates (subject to hydrolysis) is 1. The number of H-pyrrole nitrogens is 1. The fourth-order valence-electron chi connectivity index (χ4n) is 3.35. The molecule has 1 fully saturated rings. The monoisotopic (exact) mass is 394 g/mol. The molecule has 1 atom stereocenters. The van der Waals surface area contributed by atoms with Crippen molar-refractivity contribution in [2.45, 2.75) is 64.5 Å². The van der Waals surface area contributed by atoms with Crippen molar-refractivity contribution in [1.29, 1.82) is 0 Å². The molecule has 1 unspecified atom stereocenters. The van der Waals surface area contributed by atoms with Crippen LogP contribution in [0.15, 0.2) is 12.5 Å². The third-order valence-electron chi connectivity index (χ3n) is 4.78. The summed E-state index contributed by atoms with van der Waals surface area (Å²) in [6, 6.07) is -0.836. The number of hydrogen-bond donors (Lipinski definition) is 3. The van der Waals surface area contributed by atoms with Gasteiger partial charge in [-0.2, -0.15) is 0 Å². The van der Waals surface area contributed by atoms with Crippen molar-refractivity contribution in [1.82, 2.24) is 20.6 Å². The van der Waals surface area contributed by atoms with Crippen LogP contribution in [0.4, 0.5) is 4.79 Å². The first-order chi connectivity index (χ1) is 13.1. The molecule has 9 heteroatoms. The van der Waals surface area contributed by atoms with Crippen LogP contribution >= 0.6 is 0 Å². The Morgan fingerprint density at radius 1 is 1.29 bits per heavy atom. The second-order valence-electron chi connectivity index (χ2n) is 8.17. The van der Waals surface area contributed by atoms with Crippen LogP contribution in [0.2, 0.25) is 0 Å². The Hall–Kier alpha value is -2.58. The Bertz CT molecular complexity index is 675. The van der Waals surface area contributed by atoms with Crippen molar-refractivity contribution >= 4 is 18.0 Å². The molecule has 1 aliphatic rings. The van der Waals surface area contributed by atoms with Gasteiger partial charge in [-0.1, -0.05) is 12.8 Å². The first-order valence-corrected chi connectivity index (χ1v) is 9.48. The molecule has 0 spiro atoms. The highest BCUT2D eigenvalue weighted by atomic mass is 16.6. The van der Waals surface area contributed by atoms with Crippen molar-refractivity contribution in [3.05, 3.63) is 18.2 Å². The predicted octanol–water partition coefficient (Wildman–Crippen LogP) is 1.70. The van der Waals surface area contributed by atoms with Crippen LogP contribution in [-0.4, -0.2) is 53.2 Å². The second-order valence-corrected chi connectivity index (χ2v) is 8.17. The van der Waals surface area contributed by atoms with E-state index in [1.54, 1.807) is 27.0 Å². The van der Waals surface area contributed by atoms with E-state index >= 15 is 0 Å². The zero-order valence-corrected chi connectivity index (χ0v) is 17.0. The summed E-state index contributed by atoms with van der Waals surface area (Å²) in [4.78, 5) is 44.1. The van der Waals surface area contributed by atoms with Crippen LogP contribution in [0.1, 0.15) is 52.1 Å². The van der Waals surface area contributed by atoms with Crippen molar-refractivity contribution in [2.24, 2.45) is 5.41 Å². The topological polar surface area (TPSA) is 122 Å². The van der Waals surface area contributed by atoms with E-state index in [-0.39, 0.29) is 18.9 Å². The van der Waals surface area contributed by atoms with E-state index in [9.17, 15) is 14.4 Å². The summed E-state index contributed by atoms with van der Waals surface area (Å²) in [5.74, 6) is -0.799. The molecule has 2 amide bonds. The number of carbonyl (C=O) groups is 3. The molecule has 1 heterocycles.